The maximum Gasteiger partial charge on any atom is 0.470 e. The van der Waals surface area contributed by atoms with E-state index in [-0.39, 0.29) is 0 Å². The average Bonchev–Trinajstić information content (AvgIpc) is 0.735. The Morgan fingerprint density at radius 3 is 1.33 bits per heavy atom. The smallest absolute Gasteiger partial charge is 0.470 e. The van der Waals surface area contributed by atoms with Gasteiger partial charge in [-0.1, -0.05) is 0 Å². The number of nitrogens with two attached hydrogens (primary N) is 4. The second-order valence-corrected chi connectivity index (χ2v) is 41.1. The fourth-order valence-corrected chi connectivity index (χ4v) is 20.4. The lowest BCUT2D eigenvalue weighted by molar-refractivity contribution is -0.408. The maximum absolute atomic E-state index is 14.4. The molecule has 0 aromatic carbocycles. The van der Waals surface area contributed by atoms with Crippen molar-refractivity contribution in [2.24, 2.45) is 22.9 Å². The van der Waals surface area contributed by atoms with Crippen LogP contribution in [0.4, 0.5) is 0 Å². The molecule has 0 aromatic heterocycles. The van der Waals surface area contributed by atoms with Crippen LogP contribution in [0, 0.1) is 0 Å². The van der Waals surface area contributed by atoms with Crippen LogP contribution in [0.5, 0.6) is 0 Å². The highest BCUT2D eigenvalue weighted by Crippen LogP contribution is 2.53. The molecule has 0 bridgehead atoms. The highest BCUT2D eigenvalue weighted by Gasteiger charge is 2.68. The van der Waals surface area contributed by atoms with E-state index in [1.54, 1.807) is 0 Å². The fraction of sp³-hybridized carbons (Fsp3) is 0.972. The number of hydrogen-bond acceptors (Lipinski definition) is 63. The number of phosphoric ester groups is 4. The van der Waals surface area contributed by atoms with Crippen molar-refractivity contribution in [3.05, 3.63) is 0 Å². The maximum atomic E-state index is 14.4. The van der Waals surface area contributed by atoms with E-state index in [4.69, 9.17) is 141 Å². The normalized spacial score (nSPS) is 47.5. The number of carboxylic acids is 2. The second-order valence-electron chi connectivity index (χ2n) is 36.4. The Balaban J connectivity index is 1.02. The lowest BCUT2D eigenvalue weighted by atomic mass is 9.89. The van der Waals surface area contributed by atoms with E-state index in [9.17, 15) is 220 Å². The summed E-state index contributed by atoms with van der Waals surface area (Å²) in [5.41, 5.74) is 25.0. The standard InChI is InChI=1S/C72H128N4O69P4/c1-14-31(88)40(97)43(100)64(124-14)122-12-25-36(93)41(98)44(101)65(129-25)133-53-22(9-82)128-63(30(76)54(53)135-67-56(42(99)34(91)21(8-81)127-67)137-62-28(74)38(95)33(90)20(7-80)126-62)136-55-45(102)50(23(10-83)142-146(109,110)111)132-66(46(55)103)138-57-58(144-148(115,116)117)48(17(86)5-78)131-68(59(57)145-149(118,119)120)134-52-19(139-72(70(107)108)2-15(84)32(89)47(140-72)16(85)4-77)3-71(69(105)106,141-49(52)18(87)6-79)123-13-26-51(143-147(112,113)114)39(96)29(75)61(130-26)121-11-24-35(92)37(94)27(73)60(104)125-24/h14-68,77-104H,2-13,73-76H2,1H3,(H,105,106)(H,107,108)(H2,109,110,111)(H2,112,113,114)(H2,115,116,117)(H2,118,119,120)/t14-,15+,16+,17-,18+,19+,20+,21+,22+,23-,24+,25+,26+,27+,28+,29+,30+,31-,32+,33+,34+,35+,36+,37+,38+,39+,40+,41-,42-,43+,44+,45+,46-,47+,48+,49+,50+,51+,52+,53-,54+,55-,56+,57-,58+,59-,60-,61+,62-,63+,64+,65+,66+,67-,68+,71+,72+/m0/s1. The molecule has 11 rings (SSSR count). The second kappa shape index (κ2) is 51.9. The zero-order valence-electron chi connectivity index (χ0n) is 77.0. The molecule has 0 aliphatic carbocycles. The van der Waals surface area contributed by atoms with Crippen molar-refractivity contribution in [1.29, 1.82) is 0 Å². The molecular weight excluding hydrogens is 2150 g/mol. The minimum Gasteiger partial charge on any atom is -0.477 e. The van der Waals surface area contributed by atoms with Crippen LogP contribution in [-0.2, 0) is 145 Å². The monoisotopic (exact) mass is 2280 g/mol. The number of aliphatic hydroxyl groups is 28. The van der Waals surface area contributed by atoms with Gasteiger partial charge in [0, 0.05) is 12.8 Å². The van der Waals surface area contributed by atoms with Gasteiger partial charge < -0.3 is 315 Å². The van der Waals surface area contributed by atoms with Crippen molar-refractivity contribution >= 4 is 43.2 Å². The van der Waals surface area contributed by atoms with Crippen LogP contribution in [0.15, 0.2) is 0 Å². The van der Waals surface area contributed by atoms with Crippen molar-refractivity contribution in [2.45, 2.75) is 368 Å². The molecule has 0 amide bonds. The summed E-state index contributed by atoms with van der Waals surface area (Å²) in [7, 11) is -25.6. The lowest BCUT2D eigenvalue weighted by Crippen LogP contribution is -2.72. The van der Waals surface area contributed by atoms with E-state index in [1.165, 1.54) is 6.92 Å². The average molecular weight is 2280 g/mol. The van der Waals surface area contributed by atoms with Gasteiger partial charge in [-0.25, -0.2) is 27.8 Å². The molecule has 0 aromatic rings. The van der Waals surface area contributed by atoms with Gasteiger partial charge in [0.2, 0.25) is 0 Å². The molecule has 11 aliphatic heterocycles. The first-order chi connectivity index (χ1) is 69.4. The summed E-state index contributed by atoms with van der Waals surface area (Å²) in [6.07, 6.45) is -133. The Morgan fingerprint density at radius 2 is 0.758 bits per heavy atom. The van der Waals surface area contributed by atoms with Gasteiger partial charge in [-0.3, -0.25) is 18.1 Å². The number of carboxylic acid groups (broad SMARTS) is 2. The van der Waals surface area contributed by atoms with Gasteiger partial charge in [-0.05, 0) is 6.92 Å². The zero-order chi connectivity index (χ0) is 111. The molecule has 11 saturated heterocycles. The van der Waals surface area contributed by atoms with Crippen LogP contribution in [-0.4, -0.2) is 619 Å². The third-order valence-electron chi connectivity index (χ3n) is 26.1. The van der Waals surface area contributed by atoms with Gasteiger partial charge in [0.05, 0.1) is 109 Å². The molecule has 0 unspecified atom stereocenters. The summed E-state index contributed by atoms with van der Waals surface area (Å²) in [4.78, 5) is 113. The molecule has 0 spiro atoms. The minimum atomic E-state index is -6.78. The predicted molar refractivity (Wildman–Crippen MR) is 447 cm³/mol. The number of carbonyl (C=O) groups is 2. The van der Waals surface area contributed by atoms with Crippen molar-refractivity contribution in [3.63, 3.8) is 0 Å². The Bertz CT molecular complexity index is 4420. The minimum absolute atomic E-state index is 1.04. The number of hydrogen-bond donors (Lipinski definition) is 42. The summed E-state index contributed by atoms with van der Waals surface area (Å²) in [5, 5.41) is 336. The van der Waals surface area contributed by atoms with Crippen molar-refractivity contribution < 1.29 is 338 Å². The van der Waals surface area contributed by atoms with Crippen LogP contribution >= 0.6 is 31.3 Å². The van der Waals surface area contributed by atoms with E-state index in [0.29, 0.717) is 0 Å². The first kappa shape index (κ1) is 126. The molecule has 11 aliphatic rings. The summed E-state index contributed by atoms with van der Waals surface area (Å²) < 4.78 is 196. The molecular formula is C72H128N4O69P4. The van der Waals surface area contributed by atoms with Crippen molar-refractivity contribution in [1.82, 2.24) is 0 Å². The molecule has 0 saturated carbocycles. The third-order valence-corrected chi connectivity index (χ3v) is 28.2. The summed E-state index contributed by atoms with van der Waals surface area (Å²) in [5.74, 6) is -13.0. The van der Waals surface area contributed by atoms with E-state index >= 15 is 0 Å². The molecule has 11 fully saturated rings. The Morgan fingerprint density at radius 1 is 0.329 bits per heavy atom. The van der Waals surface area contributed by atoms with E-state index in [2.05, 4.69) is 0 Å². The summed E-state index contributed by atoms with van der Waals surface area (Å²) in [6, 6.07) is -8.23. The molecule has 0 radical (unpaired) electrons. The Kier molecular flexibility index (Phi) is 44.1. The molecule has 57 atom stereocenters. The summed E-state index contributed by atoms with van der Waals surface area (Å²) in [6.45, 7) is -13.6. The number of ether oxygens (including phenoxy) is 21. The number of phosphoric acid groups is 4. The number of aliphatic carboxylic acids is 2. The quantitative estimate of drug-likeness (QED) is 0.0252. The van der Waals surface area contributed by atoms with Gasteiger partial charge >= 0.3 is 43.2 Å². The van der Waals surface area contributed by atoms with Crippen molar-refractivity contribution in [3.8, 4) is 0 Å². The van der Waals surface area contributed by atoms with Crippen molar-refractivity contribution in [2.75, 3.05) is 66.1 Å². The van der Waals surface area contributed by atoms with E-state index in [0.717, 1.165) is 0 Å². The Hall–Kier alpha value is -2.74. The molecule has 149 heavy (non-hydrogen) atoms. The third kappa shape index (κ3) is 29.1. The number of rotatable bonds is 44. The first-order valence-corrected chi connectivity index (χ1v) is 51.2. The topological polar surface area (TPSA) is 1210 Å². The highest BCUT2D eigenvalue weighted by molar-refractivity contribution is 7.47. The molecule has 73 nitrogen and oxygen atoms in total. The van der Waals surface area contributed by atoms with Crippen LogP contribution < -0.4 is 22.9 Å². The van der Waals surface area contributed by atoms with Crippen LogP contribution in [0.3, 0.4) is 0 Å². The van der Waals surface area contributed by atoms with Crippen LogP contribution in [0.25, 0.3) is 0 Å². The van der Waals surface area contributed by atoms with Gasteiger partial charge in [0.15, 0.2) is 56.6 Å². The van der Waals surface area contributed by atoms with Gasteiger partial charge in [-0.15, -0.1) is 0 Å². The SMILES string of the molecule is C[C@@H]1O[C@@H](OC[C@H]2O[C@H](O[C@@H]3[C@H](O[C@@H]4O[C@H](CO)[C@@H](O)[C@H](O)[C@H]4O[C@@H]4O[C@H](CO)[C@@H](O)[C@H](O)[C@H]4N)[C@@H](N)[C@@H](O[C@@H]4[C@H](O)[C@@H](O[C@H]5[C@H](OP(=O)(O)O)[C@@H]([C@@H](O)CO)O[C@H](O[C@H]6[C@@H]([C@H](O)CO)O[C@@](OC[C@H]7O[C@@H](OC[C@H]8O[C@H](O)[C@H](N)[C@@H](O)[C@@H]8O)[C@H](N)[C@@H](O)[C@@H]7OP(=O)(O)O)(C(=O)O)C[C@H]6O[C@]6(C(=O)O)C[C@@H](O)[C@@H](O)[C@@H]([C@H](O)CO)O6)[C@H]5OP(=O)(O)O)O[C@H]([C@H](CO)OP(=O)(O)O)[C@H]4O)O[C@@H]3CO)[C@H](O)[C@@H](O)[C@@H]2O)[C@H](O)[C@H](O)[C@H]1O. The Labute approximate surface area is 835 Å². The lowest BCUT2D eigenvalue weighted by Gasteiger charge is -2.53. The van der Waals surface area contributed by atoms with Gasteiger partial charge in [-0.2, -0.15) is 0 Å². The first-order valence-electron chi connectivity index (χ1n) is 45.1. The largest absolute Gasteiger partial charge is 0.477 e. The van der Waals surface area contributed by atoms with E-state index in [1.807, 2.05) is 0 Å². The van der Waals surface area contributed by atoms with Gasteiger partial charge in [0.1, 0.15) is 238 Å². The van der Waals surface area contributed by atoms with Crippen LogP contribution in [0.2, 0.25) is 0 Å². The molecule has 46 N–H and O–H groups in total. The molecule has 870 valence electrons. The summed E-state index contributed by atoms with van der Waals surface area (Å²) >= 11 is 0. The van der Waals surface area contributed by atoms with Crippen LogP contribution in [0.1, 0.15) is 19.8 Å². The highest BCUT2D eigenvalue weighted by atomic mass is 31.2. The zero-order valence-corrected chi connectivity index (χ0v) is 80.6. The van der Waals surface area contributed by atoms with E-state index < -0.39 is 471 Å². The fourth-order valence-electron chi connectivity index (χ4n) is 18.2. The predicted octanol–water partition coefficient (Wildman–Crippen LogP) is -25.2. The molecule has 77 heteroatoms. The van der Waals surface area contributed by atoms with Gasteiger partial charge in [0.25, 0.3) is 11.6 Å². The number of aliphatic hydroxyl groups excluding tert-OH is 28. The molecule has 11 heterocycles.